The van der Waals surface area contributed by atoms with Crippen molar-refractivity contribution in [2.24, 2.45) is 10.9 Å². The number of nitrogens with zero attached hydrogens (tertiary/aromatic N) is 3. The van der Waals surface area contributed by atoms with Crippen molar-refractivity contribution >= 4 is 11.6 Å². The second kappa shape index (κ2) is 9.49. The lowest BCUT2D eigenvalue weighted by Gasteiger charge is -2.43. The van der Waals surface area contributed by atoms with Gasteiger partial charge in [-0.25, -0.2) is 4.39 Å². The molecule has 1 saturated heterocycles. The summed E-state index contributed by atoms with van der Waals surface area (Å²) in [5.74, 6) is 0.310. The molecule has 0 N–H and O–H groups in total. The average Bonchev–Trinajstić information content (AvgIpc) is 3.44. The van der Waals surface area contributed by atoms with Crippen LogP contribution in [0.1, 0.15) is 73.1 Å². The molecular weight excluding hydrogens is 377 g/mol. The number of halogens is 1. The zero-order valence-electron chi connectivity index (χ0n) is 19.4. The van der Waals surface area contributed by atoms with E-state index in [1.54, 1.807) is 4.90 Å². The van der Waals surface area contributed by atoms with E-state index in [1.165, 1.54) is 36.1 Å². The first kappa shape index (κ1) is 22.8. The molecule has 1 aliphatic heterocycles. The van der Waals surface area contributed by atoms with Crippen LogP contribution in [-0.4, -0.2) is 52.8 Å². The van der Waals surface area contributed by atoms with Crippen molar-refractivity contribution < 1.29 is 9.18 Å². The molecule has 1 atom stereocenters. The van der Waals surface area contributed by atoms with Crippen molar-refractivity contribution in [1.29, 1.82) is 0 Å². The number of hydrogen-bond donors (Lipinski definition) is 0. The van der Waals surface area contributed by atoms with Crippen LogP contribution in [0.25, 0.3) is 0 Å². The Morgan fingerprint density at radius 2 is 1.93 bits per heavy atom. The van der Waals surface area contributed by atoms with Crippen LogP contribution in [0.2, 0.25) is 0 Å². The molecule has 5 heteroatoms. The molecule has 0 spiro atoms. The average molecular weight is 416 g/mol. The quantitative estimate of drug-likeness (QED) is 0.411. The largest absolute Gasteiger partial charge is 0.371 e. The van der Waals surface area contributed by atoms with E-state index >= 15 is 0 Å². The van der Waals surface area contributed by atoms with Gasteiger partial charge in [0.05, 0.1) is 0 Å². The number of carbonyl (C=O) groups excluding carboxylic acids is 1. The van der Waals surface area contributed by atoms with Gasteiger partial charge >= 0.3 is 0 Å². The molecule has 0 aromatic carbocycles. The molecule has 3 fully saturated rings. The van der Waals surface area contributed by atoms with E-state index in [2.05, 4.69) is 44.7 Å². The van der Waals surface area contributed by atoms with Gasteiger partial charge in [-0.15, -0.1) is 0 Å². The molecular formula is C25H38FN3O. The molecule has 2 saturated carbocycles. The Kier molecular flexibility index (Phi) is 7.20. The molecule has 0 aromatic heterocycles. The number of amides is 1. The maximum atomic E-state index is 14.3. The fourth-order valence-electron chi connectivity index (χ4n) is 4.62. The van der Waals surface area contributed by atoms with Crippen LogP contribution in [0.4, 0.5) is 4.39 Å². The maximum Gasteiger partial charge on any atom is 0.260 e. The van der Waals surface area contributed by atoms with E-state index in [1.807, 2.05) is 13.1 Å². The summed E-state index contributed by atoms with van der Waals surface area (Å²) in [5, 5.41) is 0. The van der Waals surface area contributed by atoms with Gasteiger partial charge in [0, 0.05) is 48.9 Å². The van der Waals surface area contributed by atoms with Crippen LogP contribution in [0.3, 0.4) is 0 Å². The second-order valence-corrected chi connectivity index (χ2v) is 9.10. The summed E-state index contributed by atoms with van der Waals surface area (Å²) < 4.78 is 14.3. The molecule has 2 aliphatic carbocycles. The highest BCUT2D eigenvalue weighted by molar-refractivity contribution is 6.03. The summed E-state index contributed by atoms with van der Waals surface area (Å²) >= 11 is 0. The Hall–Kier alpha value is -1.91. The van der Waals surface area contributed by atoms with Crippen LogP contribution < -0.4 is 0 Å². The zero-order chi connectivity index (χ0) is 21.9. The van der Waals surface area contributed by atoms with Gasteiger partial charge in [0.25, 0.3) is 5.91 Å². The minimum atomic E-state index is -1.58. The Balaban J connectivity index is 1.85. The molecule has 1 amide bonds. The molecule has 0 radical (unpaired) electrons. The predicted octanol–water partition coefficient (Wildman–Crippen LogP) is 5.43. The van der Waals surface area contributed by atoms with Crippen LogP contribution in [0.5, 0.6) is 0 Å². The highest BCUT2D eigenvalue weighted by Crippen LogP contribution is 2.42. The molecule has 166 valence electrons. The third-order valence-electron chi connectivity index (χ3n) is 6.91. The summed E-state index contributed by atoms with van der Waals surface area (Å²) in [7, 11) is 0. The number of piperazine rings is 1. The molecule has 3 rings (SSSR count). The molecule has 0 aromatic rings. The SMILES string of the molecule is C\C=C(C(/C(C)=N/C=C/CC)=C(/C)N1CCN(C(=O)C2(F)CC2)C(C)C1)\C1CCC1. The first-order valence-electron chi connectivity index (χ1n) is 11.6. The topological polar surface area (TPSA) is 35.9 Å². The minimum absolute atomic E-state index is 0.00525. The van der Waals surface area contributed by atoms with Gasteiger partial charge in [-0.2, -0.15) is 0 Å². The van der Waals surface area contributed by atoms with Crippen LogP contribution >= 0.6 is 0 Å². The summed E-state index contributed by atoms with van der Waals surface area (Å²) in [6, 6.07) is 0.00525. The Morgan fingerprint density at radius 3 is 2.43 bits per heavy atom. The van der Waals surface area contributed by atoms with Crippen LogP contribution in [-0.2, 0) is 4.79 Å². The van der Waals surface area contributed by atoms with Crippen molar-refractivity contribution in [3.8, 4) is 0 Å². The summed E-state index contributed by atoms with van der Waals surface area (Å²) in [5.41, 5.74) is 3.34. The Bertz CT molecular complexity index is 771. The molecule has 30 heavy (non-hydrogen) atoms. The summed E-state index contributed by atoms with van der Waals surface area (Å²) in [6.45, 7) is 12.6. The number of hydrogen-bond acceptors (Lipinski definition) is 3. The number of carbonyl (C=O) groups is 1. The first-order chi connectivity index (χ1) is 14.3. The van der Waals surface area contributed by atoms with E-state index in [0.717, 1.165) is 25.2 Å². The van der Waals surface area contributed by atoms with Crippen molar-refractivity contribution in [2.75, 3.05) is 19.6 Å². The zero-order valence-corrected chi connectivity index (χ0v) is 19.4. The van der Waals surface area contributed by atoms with Crippen LogP contribution in [0.15, 0.2) is 40.2 Å². The molecule has 1 unspecified atom stereocenters. The second-order valence-electron chi connectivity index (χ2n) is 9.10. The van der Waals surface area contributed by atoms with Crippen molar-refractivity contribution in [1.82, 2.24) is 9.80 Å². The standard InChI is InChI=1S/C25H38FN3O/c1-6-8-14-27-19(4)23(22(7-2)21-10-9-11-21)20(5)28-15-16-29(18(3)17-28)24(30)25(26)12-13-25/h7-8,14,18,21H,6,9-13,15-17H2,1-5H3/b14-8+,22-7-,23-20-,27-19+. The normalized spacial score (nSPS) is 26.0. The number of allylic oxidation sites excluding steroid dienone is 5. The van der Waals surface area contributed by atoms with E-state index in [-0.39, 0.29) is 11.9 Å². The minimum Gasteiger partial charge on any atom is -0.371 e. The van der Waals surface area contributed by atoms with Crippen LogP contribution in [0, 0.1) is 5.92 Å². The Labute approximate surface area is 181 Å². The molecule has 1 heterocycles. The molecule has 3 aliphatic rings. The lowest BCUT2D eigenvalue weighted by atomic mass is 9.75. The van der Waals surface area contributed by atoms with E-state index in [9.17, 15) is 9.18 Å². The number of aliphatic imine (C=N–C) groups is 1. The fraction of sp³-hybridized carbons (Fsp3) is 0.680. The van der Waals surface area contributed by atoms with Gasteiger partial charge in [-0.3, -0.25) is 9.79 Å². The summed E-state index contributed by atoms with van der Waals surface area (Å²) in [4.78, 5) is 21.4. The van der Waals surface area contributed by atoms with Gasteiger partial charge in [0.2, 0.25) is 0 Å². The molecule has 0 bridgehead atoms. The summed E-state index contributed by atoms with van der Waals surface area (Å²) in [6.07, 6.45) is 11.8. The highest BCUT2D eigenvalue weighted by atomic mass is 19.1. The van der Waals surface area contributed by atoms with Gasteiger partial charge in [-0.1, -0.05) is 25.5 Å². The van der Waals surface area contributed by atoms with Crippen molar-refractivity contribution in [2.45, 2.75) is 84.9 Å². The fourth-order valence-corrected chi connectivity index (χ4v) is 4.62. The maximum absolute atomic E-state index is 14.3. The smallest absolute Gasteiger partial charge is 0.260 e. The highest BCUT2D eigenvalue weighted by Gasteiger charge is 2.53. The lowest BCUT2D eigenvalue weighted by molar-refractivity contribution is -0.142. The van der Waals surface area contributed by atoms with Gasteiger partial charge in [0.15, 0.2) is 5.67 Å². The van der Waals surface area contributed by atoms with Crippen molar-refractivity contribution in [3.05, 3.63) is 35.2 Å². The van der Waals surface area contributed by atoms with Gasteiger partial charge in [-0.05, 0) is 71.3 Å². The monoisotopic (exact) mass is 415 g/mol. The first-order valence-corrected chi connectivity index (χ1v) is 11.6. The Morgan fingerprint density at radius 1 is 1.23 bits per heavy atom. The van der Waals surface area contributed by atoms with E-state index in [4.69, 9.17) is 4.99 Å². The number of rotatable bonds is 7. The van der Waals surface area contributed by atoms with Gasteiger partial charge < -0.3 is 9.80 Å². The van der Waals surface area contributed by atoms with Gasteiger partial charge in [0.1, 0.15) is 0 Å². The third kappa shape index (κ3) is 4.70. The van der Waals surface area contributed by atoms with Crippen molar-refractivity contribution in [3.63, 3.8) is 0 Å². The van der Waals surface area contributed by atoms with E-state index < -0.39 is 5.67 Å². The number of alkyl halides is 1. The van der Waals surface area contributed by atoms with E-state index in [0.29, 0.717) is 25.3 Å². The predicted molar refractivity (Wildman–Crippen MR) is 122 cm³/mol. The lowest BCUT2D eigenvalue weighted by Crippen LogP contribution is -2.55. The molecule has 4 nitrogen and oxygen atoms in total. The third-order valence-corrected chi connectivity index (χ3v) is 6.91.